The lowest BCUT2D eigenvalue weighted by molar-refractivity contribution is -0.134. The first-order chi connectivity index (χ1) is 14.7. The zero-order valence-electron chi connectivity index (χ0n) is 16.5. The van der Waals surface area contributed by atoms with Gasteiger partial charge in [0.15, 0.2) is 0 Å². The first-order valence-electron chi connectivity index (χ1n) is 9.52. The van der Waals surface area contributed by atoms with Crippen molar-refractivity contribution in [3.63, 3.8) is 0 Å². The maximum atomic E-state index is 13.4. The molecule has 0 spiro atoms. The summed E-state index contributed by atoms with van der Waals surface area (Å²) in [6, 6.07) is 7.42. The van der Waals surface area contributed by atoms with Gasteiger partial charge in [-0.25, -0.2) is 9.18 Å². The zero-order chi connectivity index (χ0) is 22.8. The van der Waals surface area contributed by atoms with Crippen LogP contribution in [0.3, 0.4) is 0 Å². The number of hydrogen-bond acceptors (Lipinski definition) is 3. The Morgan fingerprint density at radius 1 is 1.10 bits per heavy atom. The Bertz CT molecular complexity index is 1030. The molecular weight excluding hydrogens is 468 g/mol. The van der Waals surface area contributed by atoms with Crippen molar-refractivity contribution in [1.29, 1.82) is 0 Å². The van der Waals surface area contributed by atoms with Gasteiger partial charge in [-0.1, -0.05) is 66.7 Å². The number of halogens is 4. The van der Waals surface area contributed by atoms with Crippen LogP contribution >= 0.6 is 34.8 Å². The Morgan fingerprint density at radius 2 is 1.74 bits per heavy atom. The van der Waals surface area contributed by atoms with E-state index in [4.69, 9.17) is 34.8 Å². The van der Waals surface area contributed by atoms with Crippen molar-refractivity contribution < 1.29 is 18.8 Å². The maximum absolute atomic E-state index is 13.4. The van der Waals surface area contributed by atoms with Gasteiger partial charge in [-0.2, -0.15) is 0 Å². The van der Waals surface area contributed by atoms with Crippen LogP contribution in [0.25, 0.3) is 0 Å². The molecule has 1 saturated heterocycles. The van der Waals surface area contributed by atoms with Crippen molar-refractivity contribution in [2.75, 3.05) is 11.9 Å². The molecule has 6 nitrogen and oxygen atoms in total. The maximum Gasteiger partial charge on any atom is 0.325 e. The van der Waals surface area contributed by atoms with Crippen LogP contribution in [0.4, 0.5) is 14.9 Å². The Hall–Kier alpha value is -2.35. The topological polar surface area (TPSA) is 78.5 Å². The van der Waals surface area contributed by atoms with Crippen LogP contribution in [0.2, 0.25) is 15.1 Å². The number of unbranched alkanes of at least 4 members (excludes halogenated alkanes) is 1. The van der Waals surface area contributed by atoms with Crippen molar-refractivity contribution in [1.82, 2.24) is 10.2 Å². The van der Waals surface area contributed by atoms with E-state index in [0.717, 1.165) is 11.3 Å². The Morgan fingerprint density at radius 3 is 2.39 bits per heavy atom. The van der Waals surface area contributed by atoms with Gasteiger partial charge in [0.2, 0.25) is 5.91 Å². The lowest BCUT2D eigenvalue weighted by Crippen LogP contribution is -2.44. The van der Waals surface area contributed by atoms with Gasteiger partial charge in [-0.15, -0.1) is 0 Å². The summed E-state index contributed by atoms with van der Waals surface area (Å²) >= 11 is 17.9. The molecule has 1 aliphatic heterocycles. The molecule has 0 bridgehead atoms. The number of hydrogen-bond donors (Lipinski definition) is 2. The summed E-state index contributed by atoms with van der Waals surface area (Å²) in [4.78, 5) is 39.3. The van der Waals surface area contributed by atoms with Crippen molar-refractivity contribution in [3.05, 3.63) is 62.8 Å². The fourth-order valence-electron chi connectivity index (χ4n) is 3.41. The third kappa shape index (κ3) is 4.79. The quantitative estimate of drug-likeness (QED) is 0.408. The second kappa shape index (κ2) is 9.42. The second-order valence-corrected chi connectivity index (χ2v) is 8.35. The number of rotatable bonds is 7. The van der Waals surface area contributed by atoms with E-state index >= 15 is 0 Å². The molecule has 3 rings (SSSR count). The van der Waals surface area contributed by atoms with Gasteiger partial charge in [-0.05, 0) is 36.2 Å². The smallest absolute Gasteiger partial charge is 0.323 e. The molecule has 1 atom stereocenters. The molecule has 1 fully saturated rings. The fraction of sp³-hybridized carbons (Fsp3) is 0.286. The number of carbonyl (C=O) groups is 3. The molecule has 0 aliphatic carbocycles. The number of amides is 4. The van der Waals surface area contributed by atoms with Crippen molar-refractivity contribution in [2.45, 2.75) is 31.7 Å². The van der Waals surface area contributed by atoms with Crippen LogP contribution in [0, 0.1) is 5.82 Å². The van der Waals surface area contributed by atoms with Crippen LogP contribution in [-0.4, -0.2) is 29.3 Å². The summed E-state index contributed by atoms with van der Waals surface area (Å²) in [5, 5.41) is 5.80. The number of nitrogens with one attached hydrogen (secondary N) is 2. The van der Waals surface area contributed by atoms with Crippen molar-refractivity contribution in [3.8, 4) is 0 Å². The Labute approximate surface area is 193 Å². The van der Waals surface area contributed by atoms with Crippen molar-refractivity contribution in [2.24, 2.45) is 0 Å². The number of anilines is 1. The van der Waals surface area contributed by atoms with Gasteiger partial charge in [0.25, 0.3) is 5.91 Å². The number of urea groups is 1. The monoisotopic (exact) mass is 485 g/mol. The first kappa shape index (κ1) is 23.3. The van der Waals surface area contributed by atoms with Crippen LogP contribution in [-0.2, 0) is 15.1 Å². The lowest BCUT2D eigenvalue weighted by atomic mass is 9.85. The summed E-state index contributed by atoms with van der Waals surface area (Å²) in [6.45, 7) is 1.42. The molecule has 31 heavy (non-hydrogen) atoms. The third-order valence-corrected chi connectivity index (χ3v) is 6.04. The molecule has 164 valence electrons. The van der Waals surface area contributed by atoms with Gasteiger partial charge in [0.05, 0.1) is 20.8 Å². The lowest BCUT2D eigenvalue weighted by Gasteiger charge is -2.27. The average Bonchev–Trinajstić information content (AvgIpc) is 2.96. The van der Waals surface area contributed by atoms with E-state index in [1.165, 1.54) is 36.4 Å². The number of nitrogens with zero attached hydrogens (tertiary/aromatic N) is 1. The molecule has 2 N–H and O–H groups in total. The summed E-state index contributed by atoms with van der Waals surface area (Å²) in [5.41, 5.74) is -0.706. The number of benzene rings is 2. The molecule has 1 aliphatic rings. The minimum absolute atomic E-state index is 0.156. The van der Waals surface area contributed by atoms with Gasteiger partial charge >= 0.3 is 6.03 Å². The highest BCUT2D eigenvalue weighted by Crippen LogP contribution is 2.35. The van der Waals surface area contributed by atoms with E-state index in [1.807, 2.05) is 6.92 Å². The molecule has 10 heteroatoms. The molecule has 2 aromatic carbocycles. The predicted molar refractivity (Wildman–Crippen MR) is 118 cm³/mol. The molecule has 0 saturated carbocycles. The molecule has 1 unspecified atom stereocenters. The van der Waals surface area contributed by atoms with E-state index in [-0.39, 0.29) is 20.8 Å². The molecular formula is C21H19Cl3FN3O3. The summed E-state index contributed by atoms with van der Waals surface area (Å²) in [7, 11) is 0. The first-order valence-corrected chi connectivity index (χ1v) is 10.7. The van der Waals surface area contributed by atoms with Crippen LogP contribution in [0.15, 0.2) is 36.4 Å². The normalized spacial score (nSPS) is 18.3. The number of carbonyl (C=O) groups excluding carboxylic acids is 3. The molecule has 2 aromatic rings. The summed E-state index contributed by atoms with van der Waals surface area (Å²) in [5.74, 6) is -1.68. The van der Waals surface area contributed by atoms with Gasteiger partial charge < -0.3 is 10.6 Å². The summed E-state index contributed by atoms with van der Waals surface area (Å²) < 4.78 is 13.4. The van der Waals surface area contributed by atoms with Gasteiger partial charge in [0, 0.05) is 0 Å². The predicted octanol–water partition coefficient (Wildman–Crippen LogP) is 5.36. The van der Waals surface area contributed by atoms with Crippen LogP contribution in [0.1, 0.15) is 31.7 Å². The fourth-order valence-corrected chi connectivity index (χ4v) is 4.00. The minimum atomic E-state index is -1.36. The van der Waals surface area contributed by atoms with E-state index in [0.29, 0.717) is 18.4 Å². The van der Waals surface area contributed by atoms with Crippen molar-refractivity contribution >= 4 is 58.3 Å². The highest BCUT2D eigenvalue weighted by atomic mass is 35.5. The van der Waals surface area contributed by atoms with E-state index in [1.54, 1.807) is 0 Å². The standard InChI is InChI=1S/C21H19Cl3FN3O3/c1-2-3-8-21(12-4-6-13(25)7-5-12)19(30)28(20(31)27-21)11-18(29)26-17-10-15(23)14(22)9-16(17)24/h4-7,9-10H,2-3,8,11H2,1H3,(H,26,29)(H,27,31). The second-order valence-electron chi connectivity index (χ2n) is 7.13. The Kier molecular flexibility index (Phi) is 7.09. The van der Waals surface area contributed by atoms with E-state index in [2.05, 4.69) is 10.6 Å². The molecule has 4 amide bonds. The Balaban J connectivity index is 1.83. The SMILES string of the molecule is CCCCC1(c2ccc(F)cc2)NC(=O)N(CC(=O)Nc2cc(Cl)c(Cl)cc2Cl)C1=O. The zero-order valence-corrected chi connectivity index (χ0v) is 18.7. The van der Waals surface area contributed by atoms with E-state index in [9.17, 15) is 18.8 Å². The molecule has 1 heterocycles. The minimum Gasteiger partial charge on any atom is -0.323 e. The number of imide groups is 1. The molecule has 0 aromatic heterocycles. The summed E-state index contributed by atoms with van der Waals surface area (Å²) in [6.07, 6.45) is 1.74. The van der Waals surface area contributed by atoms with Crippen LogP contribution < -0.4 is 10.6 Å². The van der Waals surface area contributed by atoms with Crippen LogP contribution in [0.5, 0.6) is 0 Å². The van der Waals surface area contributed by atoms with Gasteiger partial charge in [-0.3, -0.25) is 14.5 Å². The average molecular weight is 487 g/mol. The third-order valence-electron chi connectivity index (χ3n) is 5.00. The largest absolute Gasteiger partial charge is 0.325 e. The van der Waals surface area contributed by atoms with E-state index < -0.39 is 35.7 Å². The van der Waals surface area contributed by atoms with Gasteiger partial charge in [0.1, 0.15) is 17.9 Å². The molecule has 0 radical (unpaired) electrons. The highest BCUT2D eigenvalue weighted by Gasteiger charge is 2.52. The highest BCUT2D eigenvalue weighted by molar-refractivity contribution is 6.44.